The second kappa shape index (κ2) is 13.1. The molecule has 1 saturated heterocycles. The lowest BCUT2D eigenvalue weighted by molar-refractivity contribution is -0.488. The lowest BCUT2D eigenvalue weighted by Crippen LogP contribution is -2.41. The Bertz CT molecular complexity index is 1460. The molecule has 0 bridgehead atoms. The number of carbonyl (C=O) groups is 2. The topological polar surface area (TPSA) is 143 Å². The highest BCUT2D eigenvalue weighted by atomic mass is 16.6. The van der Waals surface area contributed by atoms with E-state index < -0.39 is 21.8 Å². The molecule has 3 atom stereocenters. The third kappa shape index (κ3) is 6.66. The summed E-state index contributed by atoms with van der Waals surface area (Å²) in [5.74, 6) is -0.560. The lowest BCUT2D eigenvalue weighted by Gasteiger charge is -2.24. The van der Waals surface area contributed by atoms with Crippen molar-refractivity contribution in [2.24, 2.45) is 5.10 Å². The number of nitro groups is 2. The summed E-state index contributed by atoms with van der Waals surface area (Å²) >= 11 is 0. The van der Waals surface area contributed by atoms with E-state index in [2.05, 4.69) is 48.2 Å². The Kier molecular flexibility index (Phi) is 9.38. The van der Waals surface area contributed by atoms with Crippen LogP contribution in [0.3, 0.4) is 0 Å². The van der Waals surface area contributed by atoms with Crippen molar-refractivity contribution < 1.29 is 19.4 Å². The second-order valence-corrected chi connectivity index (χ2v) is 10.2. The minimum atomic E-state index is -1.49. The van der Waals surface area contributed by atoms with Gasteiger partial charge in [-0.2, -0.15) is 10.1 Å². The van der Waals surface area contributed by atoms with E-state index in [1.165, 1.54) is 36.8 Å². The highest BCUT2D eigenvalue weighted by molar-refractivity contribution is 6.17. The summed E-state index contributed by atoms with van der Waals surface area (Å²) in [6.07, 6.45) is 1.86. The van der Waals surface area contributed by atoms with E-state index in [1.54, 1.807) is 0 Å². The number of para-hydroxylation sites is 1. The zero-order chi connectivity index (χ0) is 30.4. The van der Waals surface area contributed by atoms with Gasteiger partial charge in [0.1, 0.15) is 5.71 Å². The number of nitrogens with zero attached hydrogens (tertiary/aromatic N) is 6. The molecule has 12 heteroatoms. The van der Waals surface area contributed by atoms with Gasteiger partial charge in [0.05, 0.1) is 16.7 Å². The number of hydrogen-bond acceptors (Lipinski definition) is 8. The van der Waals surface area contributed by atoms with Crippen LogP contribution >= 0.6 is 0 Å². The summed E-state index contributed by atoms with van der Waals surface area (Å²) in [4.78, 5) is 48.8. The van der Waals surface area contributed by atoms with Crippen LogP contribution in [0.4, 0.5) is 17.1 Å². The molecule has 0 radical (unpaired) electrons. The van der Waals surface area contributed by atoms with Crippen molar-refractivity contribution >= 4 is 34.6 Å². The van der Waals surface area contributed by atoms with Crippen LogP contribution in [-0.2, 0) is 16.0 Å². The maximum Gasteiger partial charge on any atom is 0.331 e. The molecule has 0 aromatic heterocycles. The van der Waals surface area contributed by atoms with Gasteiger partial charge in [-0.05, 0) is 63.6 Å². The molecule has 218 valence electrons. The van der Waals surface area contributed by atoms with Gasteiger partial charge in [0.15, 0.2) is 0 Å². The number of hydrogen-bond donors (Lipinski definition) is 0. The third-order valence-corrected chi connectivity index (χ3v) is 7.30. The largest absolute Gasteiger partial charge is 0.331 e. The van der Waals surface area contributed by atoms with E-state index in [0.29, 0.717) is 0 Å². The Morgan fingerprint density at radius 2 is 1.48 bits per heavy atom. The Labute approximate surface area is 243 Å². The number of hydrazone groups is 1. The predicted molar refractivity (Wildman–Crippen MR) is 159 cm³/mol. The fraction of sp³-hybridized carbons (Fsp3) is 0.300. The Morgan fingerprint density at radius 1 is 0.881 bits per heavy atom. The molecular weight excluding hydrogens is 540 g/mol. The molecule has 3 aromatic carbocycles. The van der Waals surface area contributed by atoms with Gasteiger partial charge in [-0.15, -0.1) is 0 Å². The summed E-state index contributed by atoms with van der Waals surface area (Å²) in [5, 5.41) is 25.9. The fourth-order valence-corrected chi connectivity index (χ4v) is 5.05. The van der Waals surface area contributed by atoms with Crippen LogP contribution in [0, 0.1) is 20.2 Å². The number of benzene rings is 3. The lowest BCUT2D eigenvalue weighted by atomic mass is 10.1. The van der Waals surface area contributed by atoms with Crippen LogP contribution in [0.5, 0.6) is 0 Å². The van der Waals surface area contributed by atoms with Crippen LogP contribution in [-0.4, -0.2) is 64.0 Å². The monoisotopic (exact) mass is 572 g/mol. The second-order valence-electron chi connectivity index (χ2n) is 10.2. The van der Waals surface area contributed by atoms with Crippen molar-refractivity contribution in [1.82, 2.24) is 4.90 Å². The smallest absolute Gasteiger partial charge is 0.308 e. The molecule has 0 aliphatic carbocycles. The summed E-state index contributed by atoms with van der Waals surface area (Å²) in [7, 11) is 2.06. The number of anilines is 2. The zero-order valence-electron chi connectivity index (χ0n) is 23.6. The SMILES string of the molecule is CC1=NN(c2ccc([N+](=O)[O-])cc2)C(=O)C1[N+](=O)[O-].C[C@@H]1C[C@@H](N(C)CCc2ccccc2)C(=O)N1c1ccccc1. The van der Waals surface area contributed by atoms with Crippen LogP contribution in [0.25, 0.3) is 0 Å². The number of likely N-dealkylation sites (N-methyl/N-ethyl adjacent to an activating group) is 1. The van der Waals surface area contributed by atoms with E-state index in [4.69, 9.17) is 0 Å². The number of nitro benzene ring substituents is 1. The highest BCUT2D eigenvalue weighted by Crippen LogP contribution is 2.29. The van der Waals surface area contributed by atoms with E-state index in [1.807, 2.05) is 41.3 Å². The van der Waals surface area contributed by atoms with Crippen LogP contribution < -0.4 is 9.91 Å². The maximum absolute atomic E-state index is 12.9. The first kappa shape index (κ1) is 30.0. The van der Waals surface area contributed by atoms with Crippen molar-refractivity contribution in [2.45, 2.75) is 44.8 Å². The van der Waals surface area contributed by atoms with Crippen LogP contribution in [0.2, 0.25) is 0 Å². The normalized spacial score (nSPS) is 19.9. The molecule has 0 saturated carbocycles. The highest BCUT2D eigenvalue weighted by Gasteiger charge is 2.43. The number of rotatable bonds is 8. The van der Waals surface area contributed by atoms with E-state index in [0.717, 1.165) is 30.1 Å². The summed E-state index contributed by atoms with van der Waals surface area (Å²) in [6, 6.07) is 24.2. The molecule has 2 heterocycles. The van der Waals surface area contributed by atoms with Crippen molar-refractivity contribution in [3.8, 4) is 0 Å². The fourth-order valence-electron chi connectivity index (χ4n) is 5.05. The summed E-state index contributed by atoms with van der Waals surface area (Å²) in [6.45, 7) is 4.42. The Morgan fingerprint density at radius 3 is 2.02 bits per heavy atom. The van der Waals surface area contributed by atoms with Crippen molar-refractivity contribution in [1.29, 1.82) is 0 Å². The first-order valence-electron chi connectivity index (χ1n) is 13.5. The average molecular weight is 573 g/mol. The van der Waals surface area contributed by atoms with Gasteiger partial charge < -0.3 is 4.90 Å². The van der Waals surface area contributed by atoms with Gasteiger partial charge in [0.2, 0.25) is 5.91 Å². The number of amides is 2. The summed E-state index contributed by atoms with van der Waals surface area (Å²) in [5.41, 5.74) is 2.51. The van der Waals surface area contributed by atoms with Gasteiger partial charge in [-0.25, -0.2) is 0 Å². The standard InChI is InChI=1S/C20H24N2O.C10H8N4O5/c1-16-15-19(20(23)22(16)18-11-7-4-8-12-18)21(2)14-13-17-9-5-3-6-10-17;1-6-9(14(18)19)10(15)12(11-6)7-2-4-8(5-3-7)13(16)17/h3-12,16,19H,13-15H2,1-2H3;2-5,9H,1H3/t16-,19-;/m1./s1. The molecule has 1 fully saturated rings. The van der Waals surface area contributed by atoms with E-state index in [-0.39, 0.29) is 35.1 Å². The molecule has 3 aromatic rings. The third-order valence-electron chi connectivity index (χ3n) is 7.30. The van der Waals surface area contributed by atoms with Crippen molar-refractivity contribution in [2.75, 3.05) is 23.5 Å². The van der Waals surface area contributed by atoms with Gasteiger partial charge in [0, 0.05) is 35.3 Å². The number of non-ortho nitro benzene ring substituents is 1. The first-order valence-corrected chi connectivity index (χ1v) is 13.5. The van der Waals surface area contributed by atoms with Crippen molar-refractivity contribution in [3.05, 3.63) is 111 Å². The maximum atomic E-state index is 12.9. The molecule has 2 aliphatic rings. The van der Waals surface area contributed by atoms with Gasteiger partial charge in [-0.1, -0.05) is 48.5 Å². The van der Waals surface area contributed by atoms with E-state index in [9.17, 15) is 29.8 Å². The molecular formula is C30H32N6O6. The molecule has 0 N–H and O–H groups in total. The van der Waals surface area contributed by atoms with Crippen LogP contribution in [0.1, 0.15) is 25.8 Å². The molecule has 2 amide bonds. The predicted octanol–water partition coefficient (Wildman–Crippen LogP) is 4.32. The quantitative estimate of drug-likeness (QED) is 0.289. The first-order chi connectivity index (χ1) is 20.1. The summed E-state index contributed by atoms with van der Waals surface area (Å²) < 4.78 is 0. The molecule has 12 nitrogen and oxygen atoms in total. The Balaban J connectivity index is 0.000000197. The zero-order valence-corrected chi connectivity index (χ0v) is 23.6. The van der Waals surface area contributed by atoms with Crippen LogP contribution in [0.15, 0.2) is 90.0 Å². The molecule has 2 aliphatic heterocycles. The Hall–Kier alpha value is -4.97. The van der Waals surface area contributed by atoms with E-state index >= 15 is 0 Å². The van der Waals surface area contributed by atoms with Crippen molar-refractivity contribution in [3.63, 3.8) is 0 Å². The van der Waals surface area contributed by atoms with Gasteiger partial charge >= 0.3 is 11.9 Å². The molecule has 42 heavy (non-hydrogen) atoms. The molecule has 0 spiro atoms. The van der Waals surface area contributed by atoms with Gasteiger partial charge in [-0.3, -0.25) is 34.7 Å². The van der Waals surface area contributed by atoms with Gasteiger partial charge in [0.25, 0.3) is 5.69 Å². The number of carbonyl (C=O) groups excluding carboxylic acids is 2. The molecule has 1 unspecified atom stereocenters. The minimum Gasteiger partial charge on any atom is -0.308 e. The molecule has 5 rings (SSSR count). The average Bonchev–Trinajstić information content (AvgIpc) is 3.46. The minimum absolute atomic E-state index is 0.0195.